The predicted octanol–water partition coefficient (Wildman–Crippen LogP) is 4.03. The highest BCUT2D eigenvalue weighted by atomic mass is 35.5. The fraction of sp³-hybridized carbons (Fsp3) is 0.105. The number of nitrogens with zero attached hydrogens (tertiary/aromatic N) is 1. The molecule has 0 bridgehead atoms. The van der Waals surface area contributed by atoms with Crippen LogP contribution in [0.4, 0.5) is 0 Å². The van der Waals surface area contributed by atoms with Crippen LogP contribution < -0.4 is 0 Å². The minimum Gasteiger partial charge on any atom is -0.465 e. The summed E-state index contributed by atoms with van der Waals surface area (Å²) in [5.41, 5.74) is 2.36. The van der Waals surface area contributed by atoms with Gasteiger partial charge in [-0.05, 0) is 48.0 Å². The highest BCUT2D eigenvalue weighted by Crippen LogP contribution is 2.18. The number of pyridine rings is 1. The lowest BCUT2D eigenvalue weighted by Crippen LogP contribution is -2.06. The third kappa shape index (κ3) is 3.95. The standard InChI is InChI=1S/C19H14ClNO4/c1-24-18(22)13-4-2-12(3-5-13)11-25-19(23)15-6-8-16-14(10-15)7-9-17(20)21-16/h2-10H,11H2,1H3. The number of benzene rings is 2. The van der Waals surface area contributed by atoms with Crippen molar-refractivity contribution in [1.82, 2.24) is 4.98 Å². The number of rotatable bonds is 4. The van der Waals surface area contributed by atoms with Gasteiger partial charge >= 0.3 is 11.9 Å². The number of methoxy groups -OCH3 is 1. The van der Waals surface area contributed by atoms with Gasteiger partial charge in [0.2, 0.25) is 0 Å². The van der Waals surface area contributed by atoms with Crippen molar-refractivity contribution in [3.8, 4) is 0 Å². The summed E-state index contributed by atoms with van der Waals surface area (Å²) in [5.74, 6) is -0.845. The molecule has 0 radical (unpaired) electrons. The van der Waals surface area contributed by atoms with Crippen LogP contribution >= 0.6 is 11.6 Å². The largest absolute Gasteiger partial charge is 0.465 e. The van der Waals surface area contributed by atoms with Crippen LogP contribution in [-0.2, 0) is 16.1 Å². The van der Waals surface area contributed by atoms with E-state index in [-0.39, 0.29) is 6.61 Å². The second-order valence-corrected chi connectivity index (χ2v) is 5.69. The Balaban J connectivity index is 1.68. The summed E-state index contributed by atoms with van der Waals surface area (Å²) in [5, 5.41) is 1.21. The lowest BCUT2D eigenvalue weighted by Gasteiger charge is -2.07. The number of fused-ring (bicyclic) bond motifs is 1. The second kappa shape index (κ2) is 7.32. The Hall–Kier alpha value is -2.92. The first-order chi connectivity index (χ1) is 12.1. The van der Waals surface area contributed by atoms with Crippen molar-refractivity contribution in [3.63, 3.8) is 0 Å². The number of carbonyl (C=O) groups is 2. The Morgan fingerprint density at radius 2 is 1.68 bits per heavy atom. The van der Waals surface area contributed by atoms with Gasteiger partial charge in [-0.2, -0.15) is 0 Å². The van der Waals surface area contributed by atoms with E-state index in [1.807, 2.05) is 0 Å². The molecule has 0 aliphatic carbocycles. The molecule has 0 spiro atoms. The smallest absolute Gasteiger partial charge is 0.338 e. The maximum Gasteiger partial charge on any atom is 0.338 e. The molecule has 2 aromatic carbocycles. The third-order valence-electron chi connectivity index (χ3n) is 3.64. The zero-order valence-corrected chi connectivity index (χ0v) is 14.1. The van der Waals surface area contributed by atoms with Gasteiger partial charge in [0.25, 0.3) is 0 Å². The lowest BCUT2D eigenvalue weighted by molar-refractivity contribution is 0.0471. The molecule has 0 amide bonds. The molecule has 3 aromatic rings. The first kappa shape index (κ1) is 16.9. The molecule has 126 valence electrons. The van der Waals surface area contributed by atoms with E-state index in [1.165, 1.54) is 7.11 Å². The number of aromatic nitrogens is 1. The van der Waals surface area contributed by atoms with E-state index in [4.69, 9.17) is 16.3 Å². The monoisotopic (exact) mass is 355 g/mol. The maximum absolute atomic E-state index is 12.2. The van der Waals surface area contributed by atoms with Crippen molar-refractivity contribution in [3.05, 3.63) is 76.4 Å². The maximum atomic E-state index is 12.2. The van der Waals surface area contributed by atoms with E-state index in [9.17, 15) is 9.59 Å². The first-order valence-electron chi connectivity index (χ1n) is 7.47. The number of hydrogen-bond acceptors (Lipinski definition) is 5. The Kier molecular flexibility index (Phi) is 4.95. The highest BCUT2D eigenvalue weighted by molar-refractivity contribution is 6.29. The zero-order chi connectivity index (χ0) is 17.8. The van der Waals surface area contributed by atoms with Crippen LogP contribution in [-0.4, -0.2) is 24.0 Å². The Morgan fingerprint density at radius 3 is 2.40 bits per heavy atom. The number of hydrogen-bond donors (Lipinski definition) is 0. The van der Waals surface area contributed by atoms with Gasteiger partial charge in [-0.15, -0.1) is 0 Å². The molecule has 0 saturated carbocycles. The first-order valence-corrected chi connectivity index (χ1v) is 7.85. The van der Waals surface area contributed by atoms with Crippen molar-refractivity contribution in [2.75, 3.05) is 7.11 Å². The normalized spacial score (nSPS) is 10.5. The van der Waals surface area contributed by atoms with Gasteiger partial charge in [-0.25, -0.2) is 14.6 Å². The molecule has 0 fully saturated rings. The van der Waals surface area contributed by atoms with E-state index >= 15 is 0 Å². The summed E-state index contributed by atoms with van der Waals surface area (Å²) in [6, 6.07) is 15.2. The fourth-order valence-corrected chi connectivity index (χ4v) is 2.47. The Morgan fingerprint density at radius 1 is 0.960 bits per heavy atom. The van der Waals surface area contributed by atoms with Crippen LogP contribution in [0, 0.1) is 0 Å². The second-order valence-electron chi connectivity index (χ2n) is 5.31. The highest BCUT2D eigenvalue weighted by Gasteiger charge is 2.10. The van der Waals surface area contributed by atoms with Gasteiger partial charge in [-0.1, -0.05) is 23.7 Å². The Labute approximate surface area is 149 Å². The van der Waals surface area contributed by atoms with Crippen LogP contribution in [0.25, 0.3) is 10.9 Å². The fourth-order valence-electron chi connectivity index (χ4n) is 2.31. The summed E-state index contributed by atoms with van der Waals surface area (Å²) in [6.45, 7) is 0.108. The van der Waals surface area contributed by atoms with Crippen molar-refractivity contribution < 1.29 is 19.1 Å². The number of ether oxygens (including phenoxy) is 2. The minimum atomic E-state index is -0.436. The molecule has 0 aliphatic heterocycles. The van der Waals surface area contributed by atoms with E-state index in [0.29, 0.717) is 21.8 Å². The van der Waals surface area contributed by atoms with Gasteiger partial charge in [0.1, 0.15) is 11.8 Å². The minimum absolute atomic E-state index is 0.108. The average Bonchev–Trinajstić information content (AvgIpc) is 2.65. The summed E-state index contributed by atoms with van der Waals surface area (Å²) in [4.78, 5) is 27.8. The van der Waals surface area contributed by atoms with Crippen LogP contribution in [0.2, 0.25) is 5.15 Å². The topological polar surface area (TPSA) is 65.5 Å². The molecule has 0 unspecified atom stereocenters. The van der Waals surface area contributed by atoms with E-state index in [1.54, 1.807) is 54.6 Å². The molecule has 0 saturated heterocycles. The van der Waals surface area contributed by atoms with Gasteiger partial charge in [-0.3, -0.25) is 0 Å². The molecule has 1 aromatic heterocycles. The van der Waals surface area contributed by atoms with E-state index in [0.717, 1.165) is 10.9 Å². The van der Waals surface area contributed by atoms with Crippen LogP contribution in [0.15, 0.2) is 54.6 Å². The van der Waals surface area contributed by atoms with Crippen molar-refractivity contribution in [1.29, 1.82) is 0 Å². The van der Waals surface area contributed by atoms with Crippen molar-refractivity contribution >= 4 is 34.4 Å². The van der Waals surface area contributed by atoms with Crippen LogP contribution in [0.3, 0.4) is 0 Å². The Bertz CT molecular complexity index is 938. The van der Waals surface area contributed by atoms with Gasteiger partial charge < -0.3 is 9.47 Å². The zero-order valence-electron chi connectivity index (χ0n) is 13.4. The lowest BCUT2D eigenvalue weighted by atomic mass is 10.1. The number of halogens is 1. The summed E-state index contributed by atoms with van der Waals surface area (Å²) in [7, 11) is 1.32. The molecule has 3 rings (SSSR count). The van der Waals surface area contributed by atoms with Crippen LogP contribution in [0.1, 0.15) is 26.3 Å². The predicted molar refractivity (Wildman–Crippen MR) is 93.7 cm³/mol. The summed E-state index contributed by atoms with van der Waals surface area (Å²) < 4.78 is 9.95. The molecule has 25 heavy (non-hydrogen) atoms. The molecular weight excluding hydrogens is 342 g/mol. The molecule has 0 atom stereocenters. The van der Waals surface area contributed by atoms with Gasteiger partial charge in [0.05, 0.1) is 23.8 Å². The van der Waals surface area contributed by atoms with Crippen LogP contribution in [0.5, 0.6) is 0 Å². The summed E-state index contributed by atoms with van der Waals surface area (Å²) in [6.07, 6.45) is 0. The van der Waals surface area contributed by atoms with Gasteiger partial charge in [0, 0.05) is 5.39 Å². The molecular formula is C19H14ClNO4. The van der Waals surface area contributed by atoms with Crippen molar-refractivity contribution in [2.24, 2.45) is 0 Å². The quantitative estimate of drug-likeness (QED) is 0.522. The average molecular weight is 356 g/mol. The SMILES string of the molecule is COC(=O)c1ccc(COC(=O)c2ccc3nc(Cl)ccc3c2)cc1. The molecule has 6 heteroatoms. The number of carbonyl (C=O) groups excluding carboxylic acids is 2. The molecule has 5 nitrogen and oxygen atoms in total. The summed E-state index contributed by atoms with van der Waals surface area (Å²) >= 11 is 5.85. The van der Waals surface area contributed by atoms with Gasteiger partial charge in [0.15, 0.2) is 0 Å². The number of esters is 2. The molecule has 0 N–H and O–H groups in total. The van der Waals surface area contributed by atoms with E-state index in [2.05, 4.69) is 9.72 Å². The third-order valence-corrected chi connectivity index (χ3v) is 3.85. The van der Waals surface area contributed by atoms with Crippen molar-refractivity contribution in [2.45, 2.75) is 6.61 Å². The van der Waals surface area contributed by atoms with E-state index < -0.39 is 11.9 Å². The molecule has 0 aliphatic rings. The molecule has 1 heterocycles.